The van der Waals surface area contributed by atoms with Crippen LogP contribution in [0.25, 0.3) is 0 Å². The van der Waals surface area contributed by atoms with Gasteiger partial charge in [-0.25, -0.2) is 4.98 Å². The van der Waals surface area contributed by atoms with Crippen LogP contribution in [0.1, 0.15) is 22.8 Å². The highest BCUT2D eigenvalue weighted by Crippen LogP contribution is 2.31. The van der Waals surface area contributed by atoms with E-state index in [0.717, 1.165) is 29.0 Å². The molecule has 138 valence electrons. The summed E-state index contributed by atoms with van der Waals surface area (Å²) in [5, 5.41) is 0. The second kappa shape index (κ2) is 7.57. The molecular formula is C18H17F3N2O2S. The molecule has 1 aliphatic heterocycles. The molecular weight excluding hydrogens is 365 g/mol. The monoisotopic (exact) mass is 382 g/mol. The zero-order valence-corrected chi connectivity index (χ0v) is 14.8. The Morgan fingerprint density at radius 3 is 2.73 bits per heavy atom. The lowest BCUT2D eigenvalue weighted by molar-refractivity contribution is -0.137. The molecule has 1 aromatic carbocycles. The second-order valence-corrected chi connectivity index (χ2v) is 7.07. The van der Waals surface area contributed by atoms with Crippen LogP contribution in [-0.4, -0.2) is 40.7 Å². The predicted molar refractivity (Wildman–Crippen MR) is 92.4 cm³/mol. The molecule has 0 aliphatic carbocycles. The summed E-state index contributed by atoms with van der Waals surface area (Å²) in [6.45, 7) is 2.66. The van der Waals surface area contributed by atoms with Gasteiger partial charge in [-0.05, 0) is 24.0 Å². The van der Waals surface area contributed by atoms with E-state index < -0.39 is 11.7 Å². The highest BCUT2D eigenvalue weighted by molar-refractivity contribution is 7.99. The molecule has 2 heterocycles. The fourth-order valence-corrected chi connectivity index (χ4v) is 3.39. The number of benzene rings is 1. The van der Waals surface area contributed by atoms with E-state index in [0.29, 0.717) is 18.7 Å². The lowest BCUT2D eigenvalue weighted by atomic mass is 10.1. The molecule has 1 amide bonds. The largest absolute Gasteiger partial charge is 0.471 e. The number of nitrogens with zero attached hydrogens (tertiary/aromatic N) is 2. The van der Waals surface area contributed by atoms with E-state index in [-0.39, 0.29) is 17.9 Å². The Labute approximate surface area is 153 Å². The Bertz CT molecular complexity index is 792. The number of ether oxygens (including phenoxy) is 1. The minimum absolute atomic E-state index is 0.0844. The van der Waals surface area contributed by atoms with Crippen molar-refractivity contribution in [3.8, 4) is 5.88 Å². The number of likely N-dealkylation sites (tertiary alicyclic amines) is 1. The van der Waals surface area contributed by atoms with Crippen molar-refractivity contribution in [3.05, 3.63) is 53.7 Å². The zero-order chi connectivity index (χ0) is 18.7. The minimum atomic E-state index is -4.44. The first-order chi connectivity index (χ1) is 12.4. The van der Waals surface area contributed by atoms with Gasteiger partial charge in [0.15, 0.2) is 0 Å². The molecule has 0 atom stereocenters. The standard InChI is InChI=1S/C18H17F3N2O2S/c1-2-26-15-6-4-3-5-14(15)17(24)23-10-13(11-23)25-16-9-12(7-8-22-16)18(19,20)21/h3-9,13H,2,10-11H2,1H3. The van der Waals surface area contributed by atoms with Gasteiger partial charge >= 0.3 is 6.18 Å². The van der Waals surface area contributed by atoms with Gasteiger partial charge in [0.25, 0.3) is 5.91 Å². The van der Waals surface area contributed by atoms with E-state index in [1.165, 1.54) is 0 Å². The van der Waals surface area contributed by atoms with Gasteiger partial charge < -0.3 is 9.64 Å². The van der Waals surface area contributed by atoms with Crippen molar-refractivity contribution in [1.29, 1.82) is 0 Å². The predicted octanol–water partition coefficient (Wildman–Crippen LogP) is 4.12. The molecule has 3 rings (SSSR count). The number of amides is 1. The van der Waals surface area contributed by atoms with E-state index in [4.69, 9.17) is 4.74 Å². The Hall–Kier alpha value is -2.22. The van der Waals surface area contributed by atoms with Crippen LogP contribution in [0.15, 0.2) is 47.5 Å². The summed E-state index contributed by atoms with van der Waals surface area (Å²) in [4.78, 5) is 18.9. The third-order valence-corrected chi connectivity index (χ3v) is 4.86. The lowest BCUT2D eigenvalue weighted by Crippen LogP contribution is -2.56. The molecule has 1 aromatic heterocycles. The topological polar surface area (TPSA) is 42.4 Å². The third-order valence-electron chi connectivity index (χ3n) is 3.90. The number of hydrogen-bond acceptors (Lipinski definition) is 4. The highest BCUT2D eigenvalue weighted by Gasteiger charge is 2.35. The van der Waals surface area contributed by atoms with Gasteiger partial charge in [-0.15, -0.1) is 11.8 Å². The number of hydrogen-bond donors (Lipinski definition) is 0. The normalized spacial score (nSPS) is 14.8. The van der Waals surface area contributed by atoms with Crippen molar-refractivity contribution < 1.29 is 22.7 Å². The molecule has 8 heteroatoms. The van der Waals surface area contributed by atoms with E-state index >= 15 is 0 Å². The molecule has 1 saturated heterocycles. The van der Waals surface area contributed by atoms with Crippen molar-refractivity contribution in [2.24, 2.45) is 0 Å². The van der Waals surface area contributed by atoms with Crippen LogP contribution in [0.3, 0.4) is 0 Å². The van der Waals surface area contributed by atoms with E-state index in [1.807, 2.05) is 25.1 Å². The quantitative estimate of drug-likeness (QED) is 0.730. The zero-order valence-electron chi connectivity index (χ0n) is 14.0. The summed E-state index contributed by atoms with van der Waals surface area (Å²) in [6, 6.07) is 9.15. The van der Waals surface area contributed by atoms with Crippen LogP contribution < -0.4 is 4.74 Å². The highest BCUT2D eigenvalue weighted by atomic mass is 32.2. The van der Waals surface area contributed by atoms with Gasteiger partial charge in [-0.1, -0.05) is 19.1 Å². The Balaban J connectivity index is 1.60. The second-order valence-electron chi connectivity index (χ2n) is 5.76. The van der Waals surface area contributed by atoms with Crippen LogP contribution in [-0.2, 0) is 6.18 Å². The number of rotatable bonds is 5. The molecule has 0 spiro atoms. The van der Waals surface area contributed by atoms with Gasteiger partial charge in [0.05, 0.1) is 24.2 Å². The Morgan fingerprint density at radius 2 is 2.04 bits per heavy atom. The summed E-state index contributed by atoms with van der Waals surface area (Å²) >= 11 is 1.59. The van der Waals surface area contributed by atoms with Gasteiger partial charge in [0, 0.05) is 17.2 Å². The molecule has 1 aliphatic rings. The van der Waals surface area contributed by atoms with Crippen molar-refractivity contribution in [1.82, 2.24) is 9.88 Å². The molecule has 0 unspecified atom stereocenters. The first-order valence-corrected chi connectivity index (χ1v) is 9.08. The van der Waals surface area contributed by atoms with Crippen molar-refractivity contribution in [2.45, 2.75) is 24.1 Å². The minimum Gasteiger partial charge on any atom is -0.471 e. The molecule has 0 saturated carbocycles. The van der Waals surface area contributed by atoms with Crippen LogP contribution >= 0.6 is 11.8 Å². The first-order valence-electron chi connectivity index (χ1n) is 8.09. The average Bonchev–Trinajstić information content (AvgIpc) is 2.57. The molecule has 2 aromatic rings. The smallest absolute Gasteiger partial charge is 0.416 e. The molecule has 4 nitrogen and oxygen atoms in total. The number of carbonyl (C=O) groups is 1. The summed E-state index contributed by atoms with van der Waals surface area (Å²) in [5.41, 5.74) is -0.171. The maximum atomic E-state index is 12.7. The summed E-state index contributed by atoms with van der Waals surface area (Å²) < 4.78 is 43.6. The molecule has 0 radical (unpaired) electrons. The van der Waals surface area contributed by atoms with Gasteiger partial charge in [-0.2, -0.15) is 13.2 Å². The maximum absolute atomic E-state index is 12.7. The SMILES string of the molecule is CCSc1ccccc1C(=O)N1CC(Oc2cc(C(F)(F)F)ccn2)C1. The number of halogens is 3. The van der Waals surface area contributed by atoms with E-state index in [2.05, 4.69) is 4.98 Å². The molecule has 1 fully saturated rings. The molecule has 0 bridgehead atoms. The number of aromatic nitrogens is 1. The van der Waals surface area contributed by atoms with Crippen molar-refractivity contribution >= 4 is 17.7 Å². The van der Waals surface area contributed by atoms with Gasteiger partial charge in [-0.3, -0.25) is 4.79 Å². The van der Waals surface area contributed by atoms with Crippen molar-refractivity contribution in [2.75, 3.05) is 18.8 Å². The number of carbonyl (C=O) groups excluding carboxylic acids is 1. The number of thioether (sulfide) groups is 1. The molecule has 0 N–H and O–H groups in total. The van der Waals surface area contributed by atoms with E-state index in [9.17, 15) is 18.0 Å². The summed E-state index contributed by atoms with van der Waals surface area (Å²) in [7, 11) is 0. The summed E-state index contributed by atoms with van der Waals surface area (Å²) in [6.07, 6.45) is -3.73. The Kier molecular flexibility index (Phi) is 5.41. The summed E-state index contributed by atoms with van der Waals surface area (Å²) in [5.74, 6) is 0.675. The lowest BCUT2D eigenvalue weighted by Gasteiger charge is -2.39. The molecule has 26 heavy (non-hydrogen) atoms. The Morgan fingerprint density at radius 1 is 1.31 bits per heavy atom. The number of alkyl halides is 3. The van der Waals surface area contributed by atoms with Gasteiger partial charge in [0.2, 0.25) is 5.88 Å². The van der Waals surface area contributed by atoms with Gasteiger partial charge in [0.1, 0.15) is 6.10 Å². The fraction of sp³-hybridized carbons (Fsp3) is 0.333. The van der Waals surface area contributed by atoms with Crippen LogP contribution in [0.4, 0.5) is 13.2 Å². The van der Waals surface area contributed by atoms with Crippen molar-refractivity contribution in [3.63, 3.8) is 0 Å². The van der Waals surface area contributed by atoms with Crippen LogP contribution in [0.5, 0.6) is 5.88 Å². The fourth-order valence-electron chi connectivity index (χ4n) is 2.59. The van der Waals surface area contributed by atoms with E-state index in [1.54, 1.807) is 22.7 Å². The number of pyridine rings is 1. The first kappa shape index (κ1) is 18.6. The maximum Gasteiger partial charge on any atom is 0.416 e. The van der Waals surface area contributed by atoms with Crippen LogP contribution in [0.2, 0.25) is 0 Å². The average molecular weight is 382 g/mol. The third kappa shape index (κ3) is 4.12. The van der Waals surface area contributed by atoms with Crippen LogP contribution in [0, 0.1) is 0 Å².